The highest BCUT2D eigenvalue weighted by molar-refractivity contribution is 5.93. The molecule has 0 aromatic heterocycles. The van der Waals surface area contributed by atoms with Crippen LogP contribution in [0.25, 0.3) is 0 Å². The number of methoxy groups -OCH3 is 1. The molecule has 0 radical (unpaired) electrons. The van der Waals surface area contributed by atoms with Gasteiger partial charge < -0.3 is 15.0 Å². The van der Waals surface area contributed by atoms with E-state index < -0.39 is 0 Å². The smallest absolute Gasteiger partial charge is 0.226 e. The van der Waals surface area contributed by atoms with E-state index in [2.05, 4.69) is 5.32 Å². The molecule has 0 spiro atoms. The third kappa shape index (κ3) is 3.58. The number of piperidine rings is 1. The normalized spacial score (nSPS) is 16.1. The quantitative estimate of drug-likeness (QED) is 0.897. The Morgan fingerprint density at radius 3 is 2.50 bits per heavy atom. The van der Waals surface area contributed by atoms with E-state index in [0.29, 0.717) is 19.1 Å². The molecule has 1 aromatic rings. The van der Waals surface area contributed by atoms with Crippen molar-refractivity contribution in [2.75, 3.05) is 25.1 Å². The summed E-state index contributed by atoms with van der Waals surface area (Å²) in [5.74, 6) is 0.205. The summed E-state index contributed by atoms with van der Waals surface area (Å²) < 4.78 is 5.12. The van der Waals surface area contributed by atoms with Gasteiger partial charge in [0.25, 0.3) is 0 Å². The largest absolute Gasteiger partial charge is 0.380 e. The van der Waals surface area contributed by atoms with E-state index in [0.717, 1.165) is 37.2 Å². The lowest BCUT2D eigenvalue weighted by Crippen LogP contribution is -2.46. The van der Waals surface area contributed by atoms with Gasteiger partial charge in [0.05, 0.1) is 6.61 Å². The Bertz CT molecular complexity index is 425. The van der Waals surface area contributed by atoms with Gasteiger partial charge in [0.15, 0.2) is 0 Å². The topological polar surface area (TPSA) is 41.6 Å². The number of anilines is 1. The van der Waals surface area contributed by atoms with Gasteiger partial charge in [-0.3, -0.25) is 4.79 Å². The first-order valence-electron chi connectivity index (χ1n) is 7.37. The van der Waals surface area contributed by atoms with E-state index in [1.54, 1.807) is 7.11 Å². The van der Waals surface area contributed by atoms with Crippen molar-refractivity contribution >= 4 is 11.6 Å². The number of rotatable bonds is 5. The monoisotopic (exact) mass is 276 g/mol. The van der Waals surface area contributed by atoms with Gasteiger partial charge in [-0.2, -0.15) is 0 Å². The lowest BCUT2D eigenvalue weighted by Gasteiger charge is -2.34. The van der Waals surface area contributed by atoms with E-state index >= 15 is 0 Å². The summed E-state index contributed by atoms with van der Waals surface area (Å²) in [6.07, 6.45) is 2.58. The van der Waals surface area contributed by atoms with Gasteiger partial charge in [-0.05, 0) is 43.6 Å². The molecule has 20 heavy (non-hydrogen) atoms. The van der Waals surface area contributed by atoms with E-state index in [1.165, 1.54) is 0 Å². The summed E-state index contributed by atoms with van der Waals surface area (Å²) in [6.45, 7) is 4.50. The number of hydrogen-bond acceptors (Lipinski definition) is 3. The Labute approximate surface area is 121 Å². The second kappa shape index (κ2) is 7.41. The second-order valence-electron chi connectivity index (χ2n) is 5.20. The molecule has 4 heteroatoms. The van der Waals surface area contributed by atoms with E-state index in [4.69, 9.17) is 4.74 Å². The van der Waals surface area contributed by atoms with Gasteiger partial charge in [0.2, 0.25) is 5.91 Å². The summed E-state index contributed by atoms with van der Waals surface area (Å²) in [5.41, 5.74) is 2.13. The lowest BCUT2D eigenvalue weighted by atomic mass is 10.0. The number of carbonyl (C=O) groups is 1. The minimum Gasteiger partial charge on any atom is -0.380 e. The molecule has 0 unspecified atom stereocenters. The Morgan fingerprint density at radius 2 is 1.95 bits per heavy atom. The van der Waals surface area contributed by atoms with Gasteiger partial charge >= 0.3 is 0 Å². The van der Waals surface area contributed by atoms with Crippen molar-refractivity contribution in [2.45, 2.75) is 38.8 Å². The number of ether oxygens (including phenoxy) is 1. The minimum absolute atomic E-state index is 0.205. The van der Waals surface area contributed by atoms with Crippen molar-refractivity contribution in [2.24, 2.45) is 0 Å². The van der Waals surface area contributed by atoms with Crippen LogP contribution in [0.4, 0.5) is 5.69 Å². The van der Waals surface area contributed by atoms with Crippen LogP contribution in [0.3, 0.4) is 0 Å². The molecule has 1 amide bonds. The molecule has 1 aliphatic rings. The summed E-state index contributed by atoms with van der Waals surface area (Å²) in [7, 11) is 1.69. The van der Waals surface area contributed by atoms with Crippen molar-refractivity contribution in [1.82, 2.24) is 5.32 Å². The van der Waals surface area contributed by atoms with Crippen molar-refractivity contribution in [3.63, 3.8) is 0 Å². The first-order valence-corrected chi connectivity index (χ1v) is 7.37. The predicted molar refractivity (Wildman–Crippen MR) is 80.8 cm³/mol. The van der Waals surface area contributed by atoms with Crippen LogP contribution in [-0.4, -0.2) is 32.1 Å². The zero-order valence-corrected chi connectivity index (χ0v) is 12.4. The molecule has 1 heterocycles. The van der Waals surface area contributed by atoms with Crippen LogP contribution >= 0.6 is 0 Å². The first kappa shape index (κ1) is 15.0. The van der Waals surface area contributed by atoms with Crippen LogP contribution in [0.2, 0.25) is 0 Å². The van der Waals surface area contributed by atoms with Crippen molar-refractivity contribution < 1.29 is 9.53 Å². The van der Waals surface area contributed by atoms with Crippen LogP contribution < -0.4 is 10.2 Å². The molecule has 110 valence electrons. The van der Waals surface area contributed by atoms with Gasteiger partial charge in [0.1, 0.15) is 0 Å². The van der Waals surface area contributed by atoms with Crippen molar-refractivity contribution in [1.29, 1.82) is 0 Å². The molecular formula is C16H24N2O2. The molecule has 0 atom stereocenters. The third-order valence-corrected chi connectivity index (χ3v) is 3.77. The summed E-state index contributed by atoms with van der Waals surface area (Å²) in [4.78, 5) is 14.3. The molecule has 2 rings (SSSR count). The molecule has 0 bridgehead atoms. The maximum Gasteiger partial charge on any atom is 0.226 e. The van der Waals surface area contributed by atoms with Crippen molar-refractivity contribution in [3.05, 3.63) is 29.8 Å². The number of nitrogens with one attached hydrogen (secondary N) is 1. The minimum atomic E-state index is 0.205. The van der Waals surface area contributed by atoms with Crippen molar-refractivity contribution in [3.8, 4) is 0 Å². The fourth-order valence-electron chi connectivity index (χ4n) is 2.71. The van der Waals surface area contributed by atoms with E-state index in [-0.39, 0.29) is 5.91 Å². The number of nitrogens with zero attached hydrogens (tertiary/aromatic N) is 1. The number of carbonyl (C=O) groups excluding carboxylic acids is 1. The van der Waals surface area contributed by atoms with Gasteiger partial charge in [-0.1, -0.05) is 19.1 Å². The Hall–Kier alpha value is -1.39. The maximum absolute atomic E-state index is 12.3. The number of benzene rings is 1. The zero-order chi connectivity index (χ0) is 14.4. The standard InChI is InChI=1S/C16H24N2O2/c1-3-16(19)18(15-8-10-17-11-9-15)14-6-4-13(5-7-14)12-20-2/h4-7,15,17H,3,8-12H2,1-2H3. The van der Waals surface area contributed by atoms with Crippen LogP contribution in [0.5, 0.6) is 0 Å². The van der Waals surface area contributed by atoms with Crippen LogP contribution in [-0.2, 0) is 16.1 Å². The summed E-state index contributed by atoms with van der Waals surface area (Å²) in [6, 6.07) is 8.46. The molecule has 1 fully saturated rings. The molecule has 1 saturated heterocycles. The molecule has 1 aliphatic heterocycles. The van der Waals surface area contributed by atoms with Crippen LogP contribution in [0.15, 0.2) is 24.3 Å². The van der Waals surface area contributed by atoms with Gasteiger partial charge in [0, 0.05) is 25.3 Å². The summed E-state index contributed by atoms with van der Waals surface area (Å²) >= 11 is 0. The predicted octanol–water partition coefficient (Wildman–Crippen LogP) is 2.33. The zero-order valence-electron chi connectivity index (χ0n) is 12.4. The average molecular weight is 276 g/mol. The maximum atomic E-state index is 12.3. The molecule has 1 aromatic carbocycles. The fraction of sp³-hybridized carbons (Fsp3) is 0.562. The van der Waals surface area contributed by atoms with Gasteiger partial charge in [-0.25, -0.2) is 0 Å². The van der Waals surface area contributed by atoms with E-state index in [9.17, 15) is 4.79 Å². The molecule has 1 N–H and O–H groups in total. The Kier molecular flexibility index (Phi) is 5.56. The highest BCUT2D eigenvalue weighted by Gasteiger charge is 2.25. The third-order valence-electron chi connectivity index (χ3n) is 3.77. The van der Waals surface area contributed by atoms with Crippen LogP contribution in [0.1, 0.15) is 31.7 Å². The lowest BCUT2D eigenvalue weighted by molar-refractivity contribution is -0.118. The van der Waals surface area contributed by atoms with Crippen LogP contribution in [0, 0.1) is 0 Å². The molecule has 0 aliphatic carbocycles. The number of hydrogen-bond donors (Lipinski definition) is 1. The molecule has 4 nitrogen and oxygen atoms in total. The molecular weight excluding hydrogens is 252 g/mol. The number of amides is 1. The highest BCUT2D eigenvalue weighted by atomic mass is 16.5. The Balaban J connectivity index is 2.18. The highest BCUT2D eigenvalue weighted by Crippen LogP contribution is 2.23. The van der Waals surface area contributed by atoms with E-state index in [1.807, 2.05) is 36.1 Å². The first-order chi connectivity index (χ1) is 9.76. The SMILES string of the molecule is CCC(=O)N(c1ccc(COC)cc1)C1CCNCC1. The Morgan fingerprint density at radius 1 is 1.30 bits per heavy atom. The summed E-state index contributed by atoms with van der Waals surface area (Å²) in [5, 5.41) is 3.35. The second-order valence-corrected chi connectivity index (χ2v) is 5.20. The van der Waals surface area contributed by atoms with Gasteiger partial charge in [-0.15, -0.1) is 0 Å². The average Bonchev–Trinajstić information content (AvgIpc) is 2.50. The fourth-order valence-corrected chi connectivity index (χ4v) is 2.71. The molecule has 0 saturated carbocycles.